The van der Waals surface area contributed by atoms with Gasteiger partial charge in [-0.15, -0.1) is 11.3 Å². The molecule has 0 fully saturated rings. The molecule has 2 N–H and O–H groups in total. The van der Waals surface area contributed by atoms with Crippen LogP contribution in [0.4, 0.5) is 13.2 Å². The van der Waals surface area contributed by atoms with Crippen LogP contribution in [0.3, 0.4) is 0 Å². The van der Waals surface area contributed by atoms with Crippen LogP contribution in [0.15, 0.2) is 36.0 Å². The number of aryl methyl sites for hydroxylation is 1. The van der Waals surface area contributed by atoms with Crippen LogP contribution in [-0.2, 0) is 12.6 Å². The van der Waals surface area contributed by atoms with E-state index in [0.29, 0.717) is 6.42 Å². The summed E-state index contributed by atoms with van der Waals surface area (Å²) in [5, 5.41) is 1.98. The molecule has 0 amide bonds. The number of hydrogen-bond donors (Lipinski definition) is 1. The molecule has 0 bridgehead atoms. The number of nitrogens with zero attached hydrogens (tertiary/aromatic N) is 1. The van der Waals surface area contributed by atoms with Crippen LogP contribution in [0.2, 0.25) is 0 Å². The van der Waals surface area contributed by atoms with E-state index in [2.05, 4.69) is 4.98 Å². The molecule has 0 aliphatic rings. The molecule has 1 atom stereocenters. The Bertz CT molecular complexity index is 538. The molecule has 0 spiro atoms. The quantitative estimate of drug-likeness (QED) is 0.899. The van der Waals surface area contributed by atoms with Crippen molar-refractivity contribution in [2.24, 2.45) is 5.73 Å². The molecule has 0 aliphatic carbocycles. The zero-order chi connectivity index (χ0) is 14.6. The van der Waals surface area contributed by atoms with E-state index >= 15 is 0 Å². The molecule has 2 aromatic heterocycles. The number of alkyl halides is 3. The van der Waals surface area contributed by atoms with Gasteiger partial charge in [0.15, 0.2) is 0 Å². The highest BCUT2D eigenvalue weighted by atomic mass is 32.1. The Kier molecular flexibility index (Phi) is 4.77. The molecule has 2 nitrogen and oxygen atoms in total. The van der Waals surface area contributed by atoms with Crippen LogP contribution < -0.4 is 5.73 Å². The normalized spacial score (nSPS) is 13.4. The van der Waals surface area contributed by atoms with Crippen molar-refractivity contribution in [1.29, 1.82) is 0 Å². The van der Waals surface area contributed by atoms with Crippen LogP contribution in [0.5, 0.6) is 0 Å². The molecule has 0 radical (unpaired) electrons. The maximum absolute atomic E-state index is 12.9. The molecule has 20 heavy (non-hydrogen) atoms. The second-order valence-electron chi connectivity index (χ2n) is 4.54. The second kappa shape index (κ2) is 6.37. The molecule has 1 unspecified atom stereocenters. The standard InChI is InChI=1S/C14H15F3N2S/c15-14(16,17)12-6-7-19-9-11(12)13(18)5-1-3-10-4-2-8-20-10/h2,4,6-9,13H,1,3,5,18H2. The number of nitrogens with two attached hydrogens (primary N) is 1. The van der Waals surface area contributed by atoms with Crippen molar-refractivity contribution < 1.29 is 13.2 Å². The summed E-state index contributed by atoms with van der Waals surface area (Å²) in [6, 6.07) is 4.32. The molecule has 0 saturated carbocycles. The Morgan fingerprint density at radius 1 is 1.30 bits per heavy atom. The van der Waals surface area contributed by atoms with Crippen molar-refractivity contribution in [3.05, 3.63) is 52.0 Å². The summed E-state index contributed by atoms with van der Waals surface area (Å²) in [6.07, 6.45) is 0.0838. The summed E-state index contributed by atoms with van der Waals surface area (Å²) < 4.78 is 38.6. The zero-order valence-corrected chi connectivity index (χ0v) is 11.5. The van der Waals surface area contributed by atoms with E-state index in [1.165, 1.54) is 11.1 Å². The van der Waals surface area contributed by atoms with Gasteiger partial charge in [-0.3, -0.25) is 4.98 Å². The summed E-state index contributed by atoms with van der Waals surface area (Å²) in [5.41, 5.74) is 5.29. The highest BCUT2D eigenvalue weighted by molar-refractivity contribution is 7.09. The Morgan fingerprint density at radius 3 is 2.75 bits per heavy atom. The molecule has 108 valence electrons. The Labute approximate surface area is 119 Å². The maximum atomic E-state index is 12.9. The van der Waals surface area contributed by atoms with Crippen molar-refractivity contribution >= 4 is 11.3 Å². The lowest BCUT2D eigenvalue weighted by Gasteiger charge is -2.17. The summed E-state index contributed by atoms with van der Waals surface area (Å²) in [4.78, 5) is 4.98. The first-order valence-electron chi connectivity index (χ1n) is 6.27. The van der Waals surface area contributed by atoms with Gasteiger partial charge in [-0.2, -0.15) is 13.2 Å². The largest absolute Gasteiger partial charge is 0.416 e. The van der Waals surface area contributed by atoms with Gasteiger partial charge in [-0.1, -0.05) is 6.07 Å². The van der Waals surface area contributed by atoms with Gasteiger partial charge in [0.2, 0.25) is 0 Å². The van der Waals surface area contributed by atoms with Crippen molar-refractivity contribution in [3.63, 3.8) is 0 Å². The van der Waals surface area contributed by atoms with Crippen LogP contribution >= 0.6 is 11.3 Å². The summed E-state index contributed by atoms with van der Waals surface area (Å²) in [7, 11) is 0. The highest BCUT2D eigenvalue weighted by Gasteiger charge is 2.34. The number of hydrogen-bond acceptors (Lipinski definition) is 3. The molecule has 2 aromatic rings. The summed E-state index contributed by atoms with van der Waals surface area (Å²) in [6.45, 7) is 0. The van der Waals surface area contributed by atoms with Crippen LogP contribution in [0.25, 0.3) is 0 Å². The zero-order valence-electron chi connectivity index (χ0n) is 10.7. The van der Waals surface area contributed by atoms with Gasteiger partial charge in [0.05, 0.1) is 5.56 Å². The van der Waals surface area contributed by atoms with Crippen molar-refractivity contribution in [1.82, 2.24) is 4.98 Å². The van der Waals surface area contributed by atoms with E-state index in [1.807, 2.05) is 17.5 Å². The van der Waals surface area contributed by atoms with Gasteiger partial charge >= 0.3 is 6.18 Å². The Morgan fingerprint density at radius 2 is 2.10 bits per heavy atom. The smallest absolute Gasteiger partial charge is 0.324 e. The van der Waals surface area contributed by atoms with Crippen LogP contribution in [0.1, 0.15) is 34.9 Å². The average Bonchev–Trinajstić information content (AvgIpc) is 2.91. The van der Waals surface area contributed by atoms with Gasteiger partial charge in [0.25, 0.3) is 0 Å². The number of pyridine rings is 1. The van der Waals surface area contributed by atoms with Crippen LogP contribution in [-0.4, -0.2) is 4.98 Å². The van der Waals surface area contributed by atoms with E-state index in [-0.39, 0.29) is 5.56 Å². The fourth-order valence-corrected chi connectivity index (χ4v) is 2.82. The lowest BCUT2D eigenvalue weighted by Crippen LogP contribution is -2.18. The average molecular weight is 300 g/mol. The monoisotopic (exact) mass is 300 g/mol. The van der Waals surface area contributed by atoms with E-state index in [1.54, 1.807) is 11.3 Å². The first kappa shape index (κ1) is 15.0. The summed E-state index contributed by atoms with van der Waals surface area (Å²) >= 11 is 1.64. The molecule has 2 heterocycles. The third-order valence-corrected chi connectivity index (χ3v) is 4.01. The highest BCUT2D eigenvalue weighted by Crippen LogP contribution is 2.34. The molecule has 0 aliphatic heterocycles. The molecule has 0 saturated heterocycles. The Hall–Kier alpha value is -1.40. The van der Waals surface area contributed by atoms with Crippen molar-refractivity contribution in [2.45, 2.75) is 31.5 Å². The van der Waals surface area contributed by atoms with E-state index in [0.717, 1.165) is 25.1 Å². The van der Waals surface area contributed by atoms with Gasteiger partial charge in [0, 0.05) is 23.3 Å². The molecular weight excluding hydrogens is 285 g/mol. The minimum absolute atomic E-state index is 0.0752. The molecule has 2 rings (SSSR count). The summed E-state index contributed by atoms with van der Waals surface area (Å²) in [5.74, 6) is 0. The number of halogens is 3. The third kappa shape index (κ3) is 3.80. The van der Waals surface area contributed by atoms with Crippen molar-refractivity contribution in [2.75, 3.05) is 0 Å². The number of thiophene rings is 1. The molecule has 0 aromatic carbocycles. The molecular formula is C14H15F3N2S. The van der Waals surface area contributed by atoms with E-state index in [9.17, 15) is 13.2 Å². The SMILES string of the molecule is NC(CCCc1cccs1)c1cnccc1C(F)(F)F. The minimum atomic E-state index is -4.39. The Balaban J connectivity index is 2.00. The fourth-order valence-electron chi connectivity index (χ4n) is 2.07. The lowest BCUT2D eigenvalue weighted by atomic mass is 9.98. The topological polar surface area (TPSA) is 38.9 Å². The molecule has 6 heteroatoms. The van der Waals surface area contributed by atoms with Crippen LogP contribution in [0, 0.1) is 0 Å². The van der Waals surface area contributed by atoms with Gasteiger partial charge in [-0.25, -0.2) is 0 Å². The second-order valence-corrected chi connectivity index (χ2v) is 5.57. The lowest BCUT2D eigenvalue weighted by molar-refractivity contribution is -0.138. The third-order valence-electron chi connectivity index (χ3n) is 3.08. The number of rotatable bonds is 5. The first-order valence-corrected chi connectivity index (χ1v) is 7.15. The van der Waals surface area contributed by atoms with Gasteiger partial charge in [0.1, 0.15) is 0 Å². The van der Waals surface area contributed by atoms with Crippen molar-refractivity contribution in [3.8, 4) is 0 Å². The first-order chi connectivity index (χ1) is 9.48. The minimum Gasteiger partial charge on any atom is -0.324 e. The maximum Gasteiger partial charge on any atom is 0.416 e. The van der Waals surface area contributed by atoms with Gasteiger partial charge < -0.3 is 5.73 Å². The number of aromatic nitrogens is 1. The van der Waals surface area contributed by atoms with Gasteiger partial charge in [-0.05, 0) is 42.3 Å². The predicted molar refractivity (Wildman–Crippen MR) is 73.4 cm³/mol. The fraction of sp³-hybridized carbons (Fsp3) is 0.357. The van der Waals surface area contributed by atoms with E-state index in [4.69, 9.17) is 5.73 Å². The predicted octanol–water partition coefficient (Wildman–Crippen LogP) is 4.18. The van der Waals surface area contributed by atoms with E-state index < -0.39 is 17.8 Å².